The summed E-state index contributed by atoms with van der Waals surface area (Å²) in [5.41, 5.74) is 1.09. The quantitative estimate of drug-likeness (QED) is 0.695. The van der Waals surface area contributed by atoms with Crippen LogP contribution in [0.3, 0.4) is 0 Å². The summed E-state index contributed by atoms with van der Waals surface area (Å²) < 4.78 is 7.30. The molecular weight excluding hydrogens is 394 g/mol. The van der Waals surface area contributed by atoms with Gasteiger partial charge in [0.15, 0.2) is 0 Å². The summed E-state index contributed by atoms with van der Waals surface area (Å²) in [6.45, 7) is 11.3. The van der Waals surface area contributed by atoms with Gasteiger partial charge in [-0.25, -0.2) is 19.6 Å². The number of morpholine rings is 1. The minimum Gasteiger partial charge on any atom is -0.378 e. The van der Waals surface area contributed by atoms with Crippen LogP contribution in [0.15, 0.2) is 6.07 Å². The molecule has 9 nitrogen and oxygen atoms in total. The molecule has 4 heterocycles. The number of aromatic nitrogens is 5. The molecule has 0 bridgehead atoms. The van der Waals surface area contributed by atoms with Gasteiger partial charge in [-0.3, -0.25) is 4.79 Å². The number of ether oxygens (including phenoxy) is 1. The highest BCUT2D eigenvalue weighted by atomic mass is 16.5. The van der Waals surface area contributed by atoms with Gasteiger partial charge in [-0.05, 0) is 33.1 Å². The molecule has 0 saturated carbocycles. The second-order valence-electron chi connectivity index (χ2n) is 8.36. The number of amides is 1. The molecule has 0 radical (unpaired) electrons. The van der Waals surface area contributed by atoms with Gasteiger partial charge in [-0.15, -0.1) is 0 Å². The van der Waals surface area contributed by atoms with Crippen molar-refractivity contribution in [2.45, 2.75) is 58.9 Å². The van der Waals surface area contributed by atoms with E-state index in [9.17, 15) is 4.79 Å². The van der Waals surface area contributed by atoms with Gasteiger partial charge in [0.1, 0.15) is 23.3 Å². The van der Waals surface area contributed by atoms with Crippen molar-refractivity contribution in [2.75, 3.05) is 44.3 Å². The Bertz CT molecular complexity index is 899. The summed E-state index contributed by atoms with van der Waals surface area (Å²) in [6.07, 6.45) is 3.16. The van der Waals surface area contributed by atoms with E-state index in [4.69, 9.17) is 14.7 Å². The third-order valence-electron chi connectivity index (χ3n) is 6.19. The van der Waals surface area contributed by atoms with Crippen LogP contribution in [-0.4, -0.2) is 74.9 Å². The fourth-order valence-electron chi connectivity index (χ4n) is 4.34. The number of hydrogen-bond donors (Lipinski definition) is 0. The molecular formula is C22H33N7O2. The van der Waals surface area contributed by atoms with E-state index in [0.717, 1.165) is 87.6 Å². The van der Waals surface area contributed by atoms with E-state index in [2.05, 4.69) is 28.0 Å². The number of carbonyl (C=O) groups is 1. The summed E-state index contributed by atoms with van der Waals surface area (Å²) >= 11 is 0. The van der Waals surface area contributed by atoms with Crippen LogP contribution in [0.25, 0.3) is 0 Å². The van der Waals surface area contributed by atoms with E-state index in [1.54, 1.807) is 0 Å². The SMILES string of the molecule is CCc1cc(N2CCOCC2)nc(C2CCN(C(=O)CCn3nc(C)nc3C)CC2)n1. The van der Waals surface area contributed by atoms with Gasteiger partial charge in [0.05, 0.1) is 19.8 Å². The molecule has 31 heavy (non-hydrogen) atoms. The predicted octanol–water partition coefficient (Wildman–Crippen LogP) is 1.88. The lowest BCUT2D eigenvalue weighted by Crippen LogP contribution is -2.39. The molecule has 0 spiro atoms. The third kappa shape index (κ3) is 5.20. The average molecular weight is 428 g/mol. The van der Waals surface area contributed by atoms with Crippen LogP contribution in [0.5, 0.6) is 0 Å². The van der Waals surface area contributed by atoms with Crippen LogP contribution in [-0.2, 0) is 22.5 Å². The van der Waals surface area contributed by atoms with Crippen LogP contribution in [0.4, 0.5) is 5.82 Å². The number of anilines is 1. The maximum absolute atomic E-state index is 12.7. The molecule has 1 amide bonds. The number of hydrogen-bond acceptors (Lipinski definition) is 7. The zero-order valence-electron chi connectivity index (χ0n) is 18.9. The first-order valence-electron chi connectivity index (χ1n) is 11.4. The molecule has 4 rings (SSSR count). The molecule has 2 saturated heterocycles. The van der Waals surface area contributed by atoms with E-state index in [0.29, 0.717) is 18.9 Å². The molecule has 2 aromatic heterocycles. The minimum absolute atomic E-state index is 0.184. The Kier molecular flexibility index (Phi) is 6.80. The topological polar surface area (TPSA) is 89.3 Å². The van der Waals surface area contributed by atoms with Gasteiger partial charge in [0, 0.05) is 50.3 Å². The van der Waals surface area contributed by atoms with Crippen molar-refractivity contribution in [3.05, 3.63) is 29.2 Å². The number of carbonyl (C=O) groups excluding carboxylic acids is 1. The Hall–Kier alpha value is -2.55. The Morgan fingerprint density at radius 3 is 2.48 bits per heavy atom. The highest BCUT2D eigenvalue weighted by molar-refractivity contribution is 5.76. The molecule has 2 aromatic rings. The number of aryl methyl sites for hydroxylation is 4. The van der Waals surface area contributed by atoms with Crippen molar-refractivity contribution in [2.24, 2.45) is 0 Å². The zero-order chi connectivity index (χ0) is 21.8. The standard InChI is InChI=1S/C22H33N7O2/c1-4-19-15-20(27-11-13-31-14-12-27)25-22(24-19)18-5-8-28(9-6-18)21(30)7-10-29-17(3)23-16(2)26-29/h15,18H,4-14H2,1-3H3. The van der Waals surface area contributed by atoms with Gasteiger partial charge in [0.2, 0.25) is 5.91 Å². The molecule has 168 valence electrons. The fourth-order valence-corrected chi connectivity index (χ4v) is 4.34. The molecule has 0 N–H and O–H groups in total. The second-order valence-corrected chi connectivity index (χ2v) is 8.36. The Balaban J connectivity index is 1.35. The Morgan fingerprint density at radius 1 is 1.10 bits per heavy atom. The fraction of sp³-hybridized carbons (Fsp3) is 0.682. The van der Waals surface area contributed by atoms with E-state index in [-0.39, 0.29) is 5.91 Å². The molecule has 2 aliphatic heterocycles. The third-order valence-corrected chi connectivity index (χ3v) is 6.19. The molecule has 2 aliphatic rings. The maximum atomic E-state index is 12.7. The Labute approximate surface area is 183 Å². The zero-order valence-corrected chi connectivity index (χ0v) is 18.9. The van der Waals surface area contributed by atoms with E-state index >= 15 is 0 Å². The van der Waals surface area contributed by atoms with Gasteiger partial charge in [0.25, 0.3) is 0 Å². The van der Waals surface area contributed by atoms with Crippen LogP contribution < -0.4 is 4.90 Å². The van der Waals surface area contributed by atoms with Gasteiger partial charge < -0.3 is 14.5 Å². The van der Waals surface area contributed by atoms with Crippen molar-refractivity contribution < 1.29 is 9.53 Å². The highest BCUT2D eigenvalue weighted by Crippen LogP contribution is 2.28. The maximum Gasteiger partial charge on any atom is 0.224 e. The van der Waals surface area contributed by atoms with Crippen LogP contribution >= 0.6 is 0 Å². The van der Waals surface area contributed by atoms with Gasteiger partial charge in [-0.1, -0.05) is 6.92 Å². The van der Waals surface area contributed by atoms with Gasteiger partial charge >= 0.3 is 0 Å². The molecule has 2 fully saturated rings. The number of nitrogens with zero attached hydrogens (tertiary/aromatic N) is 7. The first-order chi connectivity index (χ1) is 15.0. The van der Waals surface area contributed by atoms with Crippen molar-refractivity contribution in [1.82, 2.24) is 29.6 Å². The molecule has 0 atom stereocenters. The summed E-state index contributed by atoms with van der Waals surface area (Å²) in [6, 6.07) is 2.11. The van der Waals surface area contributed by atoms with Crippen LogP contribution in [0.1, 0.15) is 55.3 Å². The molecule has 0 aliphatic carbocycles. The average Bonchev–Trinajstić information content (AvgIpc) is 3.14. The summed E-state index contributed by atoms with van der Waals surface area (Å²) in [5, 5.41) is 4.35. The number of piperidine rings is 1. The normalized spacial score (nSPS) is 17.9. The lowest BCUT2D eigenvalue weighted by molar-refractivity contribution is -0.132. The summed E-state index contributed by atoms with van der Waals surface area (Å²) in [4.78, 5) is 31.0. The second kappa shape index (κ2) is 9.72. The predicted molar refractivity (Wildman–Crippen MR) is 117 cm³/mol. The van der Waals surface area contributed by atoms with Crippen molar-refractivity contribution in [3.63, 3.8) is 0 Å². The molecule has 0 unspecified atom stereocenters. The van der Waals surface area contributed by atoms with E-state index < -0.39 is 0 Å². The highest BCUT2D eigenvalue weighted by Gasteiger charge is 2.27. The monoisotopic (exact) mass is 427 g/mol. The van der Waals surface area contributed by atoms with Crippen molar-refractivity contribution >= 4 is 11.7 Å². The lowest BCUT2D eigenvalue weighted by atomic mass is 9.95. The molecule has 9 heteroatoms. The van der Waals surface area contributed by atoms with Crippen LogP contribution in [0.2, 0.25) is 0 Å². The van der Waals surface area contributed by atoms with Crippen molar-refractivity contribution in [1.29, 1.82) is 0 Å². The number of likely N-dealkylation sites (tertiary alicyclic amines) is 1. The first-order valence-corrected chi connectivity index (χ1v) is 11.4. The van der Waals surface area contributed by atoms with E-state index in [1.165, 1.54) is 0 Å². The first kappa shape index (κ1) is 21.7. The lowest BCUT2D eigenvalue weighted by Gasteiger charge is -2.32. The van der Waals surface area contributed by atoms with Crippen molar-refractivity contribution in [3.8, 4) is 0 Å². The largest absolute Gasteiger partial charge is 0.378 e. The summed E-state index contributed by atoms with van der Waals surface area (Å²) in [7, 11) is 0. The van der Waals surface area contributed by atoms with E-state index in [1.807, 2.05) is 23.4 Å². The minimum atomic E-state index is 0.184. The summed E-state index contributed by atoms with van der Waals surface area (Å²) in [5.74, 6) is 4.03. The van der Waals surface area contributed by atoms with Gasteiger partial charge in [-0.2, -0.15) is 5.10 Å². The number of rotatable bonds is 6. The smallest absolute Gasteiger partial charge is 0.224 e. The van der Waals surface area contributed by atoms with Crippen LogP contribution in [0, 0.1) is 13.8 Å². The molecule has 0 aromatic carbocycles. The Morgan fingerprint density at radius 2 is 1.84 bits per heavy atom.